The molecule has 4 rings (SSSR count). The minimum Gasteiger partial charge on any atom is -0.497 e. The highest BCUT2D eigenvalue weighted by atomic mass is 32.2. The molecule has 0 aliphatic carbocycles. The molecule has 3 aromatic rings. The molecule has 0 unspecified atom stereocenters. The quantitative estimate of drug-likeness (QED) is 0.210. The predicted molar refractivity (Wildman–Crippen MR) is 141 cm³/mol. The van der Waals surface area contributed by atoms with Crippen molar-refractivity contribution in [2.24, 2.45) is 5.92 Å². The monoisotopic (exact) mass is 553 g/mol. The molecule has 11 heteroatoms. The van der Waals surface area contributed by atoms with Gasteiger partial charge < -0.3 is 23.3 Å². The summed E-state index contributed by atoms with van der Waals surface area (Å²) in [5, 5.41) is 0. The Kier molecular flexibility index (Phi) is 8.20. The molecule has 1 fully saturated rings. The van der Waals surface area contributed by atoms with Gasteiger partial charge in [-0.1, -0.05) is 17.7 Å². The Balaban J connectivity index is 1.33. The van der Waals surface area contributed by atoms with Crippen LogP contribution in [-0.4, -0.2) is 53.4 Å². The lowest BCUT2D eigenvalue weighted by molar-refractivity contribution is -0.147. The Morgan fingerprint density at radius 1 is 0.923 bits per heavy atom. The number of ketones is 1. The summed E-state index contributed by atoms with van der Waals surface area (Å²) >= 11 is 0. The molecule has 1 aliphatic rings. The Labute approximate surface area is 226 Å². The van der Waals surface area contributed by atoms with Gasteiger partial charge in [-0.25, -0.2) is 0 Å². The van der Waals surface area contributed by atoms with Gasteiger partial charge in [0.1, 0.15) is 22.1 Å². The van der Waals surface area contributed by atoms with E-state index in [2.05, 4.69) is 0 Å². The Morgan fingerprint density at radius 3 is 2.23 bits per heavy atom. The molecule has 1 amide bonds. The van der Waals surface area contributed by atoms with Gasteiger partial charge in [0.05, 0.1) is 25.8 Å². The number of benzene rings is 3. The van der Waals surface area contributed by atoms with Gasteiger partial charge in [-0.3, -0.25) is 14.4 Å². The second kappa shape index (κ2) is 11.6. The molecule has 0 saturated carbocycles. The van der Waals surface area contributed by atoms with E-state index in [1.807, 2.05) is 6.92 Å². The van der Waals surface area contributed by atoms with E-state index in [4.69, 9.17) is 18.4 Å². The van der Waals surface area contributed by atoms with Crippen LogP contribution in [0, 0.1) is 12.8 Å². The van der Waals surface area contributed by atoms with Crippen LogP contribution in [0.25, 0.3) is 0 Å². The van der Waals surface area contributed by atoms with Crippen LogP contribution in [0.4, 0.5) is 5.69 Å². The Morgan fingerprint density at radius 2 is 1.59 bits per heavy atom. The highest BCUT2D eigenvalue weighted by Gasteiger charge is 2.37. The zero-order chi connectivity index (χ0) is 28.2. The number of rotatable bonds is 10. The third-order valence-electron chi connectivity index (χ3n) is 6.17. The van der Waals surface area contributed by atoms with Crippen LogP contribution in [0.2, 0.25) is 0 Å². The number of hydrogen-bond donors (Lipinski definition) is 0. The lowest BCUT2D eigenvalue weighted by atomic mass is 10.1. The number of aryl methyl sites for hydroxylation is 1. The number of methoxy groups -OCH3 is 2. The third-order valence-corrected chi connectivity index (χ3v) is 7.43. The fourth-order valence-corrected chi connectivity index (χ4v) is 4.95. The van der Waals surface area contributed by atoms with Gasteiger partial charge >= 0.3 is 16.1 Å². The Hall–Kier alpha value is -4.38. The Bertz CT molecular complexity index is 1480. The van der Waals surface area contributed by atoms with Crippen molar-refractivity contribution >= 4 is 33.5 Å². The van der Waals surface area contributed by atoms with Crippen LogP contribution in [0.1, 0.15) is 22.3 Å². The lowest BCUT2D eigenvalue weighted by Gasteiger charge is -2.20. The molecule has 0 bridgehead atoms. The van der Waals surface area contributed by atoms with Crippen molar-refractivity contribution in [3.63, 3.8) is 0 Å². The molecular formula is C28H27NO9S. The second-order valence-electron chi connectivity index (χ2n) is 8.85. The number of amides is 1. The van der Waals surface area contributed by atoms with Crippen molar-refractivity contribution in [2.45, 2.75) is 18.2 Å². The number of carbonyl (C=O) groups is 3. The first kappa shape index (κ1) is 27.6. The summed E-state index contributed by atoms with van der Waals surface area (Å²) in [7, 11) is -1.05. The van der Waals surface area contributed by atoms with Gasteiger partial charge in [0.25, 0.3) is 0 Å². The number of hydrogen-bond acceptors (Lipinski definition) is 9. The third kappa shape index (κ3) is 6.37. The van der Waals surface area contributed by atoms with Gasteiger partial charge in [-0.2, -0.15) is 8.42 Å². The highest BCUT2D eigenvalue weighted by Crippen LogP contribution is 2.36. The van der Waals surface area contributed by atoms with Crippen LogP contribution in [0.5, 0.6) is 17.2 Å². The van der Waals surface area contributed by atoms with Gasteiger partial charge in [0.2, 0.25) is 5.91 Å². The molecule has 0 spiro atoms. The molecule has 1 atom stereocenters. The maximum Gasteiger partial charge on any atom is 0.339 e. The average Bonchev–Trinajstić information content (AvgIpc) is 3.32. The van der Waals surface area contributed by atoms with E-state index in [-0.39, 0.29) is 35.1 Å². The molecule has 204 valence electrons. The van der Waals surface area contributed by atoms with E-state index < -0.39 is 34.4 Å². The summed E-state index contributed by atoms with van der Waals surface area (Å²) in [5.41, 5.74) is 1.61. The predicted octanol–water partition coefficient (Wildman–Crippen LogP) is 3.56. The van der Waals surface area contributed by atoms with Crippen molar-refractivity contribution in [3.8, 4) is 17.2 Å². The van der Waals surface area contributed by atoms with Crippen LogP contribution < -0.4 is 18.6 Å². The van der Waals surface area contributed by atoms with E-state index in [0.29, 0.717) is 17.2 Å². The summed E-state index contributed by atoms with van der Waals surface area (Å²) in [5.74, 6) is -1.18. The van der Waals surface area contributed by atoms with Crippen molar-refractivity contribution in [1.82, 2.24) is 0 Å². The van der Waals surface area contributed by atoms with Gasteiger partial charge in [-0.05, 0) is 55.5 Å². The molecule has 1 saturated heterocycles. The largest absolute Gasteiger partial charge is 0.497 e. The number of nitrogens with zero attached hydrogens (tertiary/aromatic N) is 1. The first-order valence-electron chi connectivity index (χ1n) is 11.9. The minimum atomic E-state index is -4.03. The molecule has 1 heterocycles. The number of anilines is 1. The maximum atomic E-state index is 12.6. The van der Waals surface area contributed by atoms with Crippen molar-refractivity contribution in [2.75, 3.05) is 32.3 Å². The van der Waals surface area contributed by atoms with E-state index in [1.165, 1.54) is 55.5 Å². The summed E-state index contributed by atoms with van der Waals surface area (Å²) in [6, 6.07) is 16.7. The number of Topliss-reactive ketones (excluding diaryl/α,β-unsaturated/α-hetero) is 1. The zero-order valence-corrected chi connectivity index (χ0v) is 22.4. The summed E-state index contributed by atoms with van der Waals surface area (Å²) in [6.07, 6.45) is -0.0658. The second-order valence-corrected chi connectivity index (χ2v) is 10.4. The van der Waals surface area contributed by atoms with Crippen molar-refractivity contribution in [3.05, 3.63) is 77.9 Å². The highest BCUT2D eigenvalue weighted by molar-refractivity contribution is 7.87. The molecule has 0 radical (unpaired) electrons. The van der Waals surface area contributed by atoms with E-state index in [0.717, 1.165) is 5.56 Å². The molecule has 39 heavy (non-hydrogen) atoms. The molecule has 1 aliphatic heterocycles. The average molecular weight is 554 g/mol. The standard InChI is InChI=1S/C28H27NO9S/c1-18-4-11-23(12-5-18)39(33,34)38-21-8-6-19(7-9-21)25(30)17-37-28(32)20-14-27(31)29(16-20)24-13-10-22(35-2)15-26(24)36-3/h4-13,15,20H,14,16-17H2,1-3H3/t20-/m0/s1. The molecule has 10 nitrogen and oxygen atoms in total. The van der Waals surface area contributed by atoms with Crippen molar-refractivity contribution < 1.29 is 41.2 Å². The SMILES string of the molecule is COc1ccc(N2C[C@@H](C(=O)OCC(=O)c3ccc(OS(=O)(=O)c4ccc(C)cc4)cc3)CC2=O)c(OC)c1. The molecular weight excluding hydrogens is 526 g/mol. The smallest absolute Gasteiger partial charge is 0.339 e. The number of esters is 1. The van der Waals surface area contributed by atoms with Crippen LogP contribution in [0.15, 0.2) is 71.6 Å². The van der Waals surface area contributed by atoms with E-state index in [9.17, 15) is 22.8 Å². The molecule has 3 aromatic carbocycles. The minimum absolute atomic E-state index is 0.00885. The van der Waals surface area contributed by atoms with Crippen LogP contribution in [-0.2, 0) is 24.4 Å². The number of carbonyl (C=O) groups excluding carboxylic acids is 3. The van der Waals surface area contributed by atoms with E-state index in [1.54, 1.807) is 30.3 Å². The van der Waals surface area contributed by atoms with Gasteiger partial charge in [0.15, 0.2) is 12.4 Å². The molecule has 0 aromatic heterocycles. The summed E-state index contributed by atoms with van der Waals surface area (Å²) < 4.78 is 45.8. The first-order chi connectivity index (χ1) is 18.6. The topological polar surface area (TPSA) is 126 Å². The van der Waals surface area contributed by atoms with Crippen molar-refractivity contribution in [1.29, 1.82) is 0 Å². The first-order valence-corrected chi connectivity index (χ1v) is 13.4. The normalized spacial score (nSPS) is 15.1. The number of ether oxygens (including phenoxy) is 3. The summed E-state index contributed by atoms with van der Waals surface area (Å²) in [4.78, 5) is 39.3. The lowest BCUT2D eigenvalue weighted by Crippen LogP contribution is -2.27. The fourth-order valence-electron chi connectivity index (χ4n) is 4.02. The molecule has 0 N–H and O–H groups in total. The van der Waals surface area contributed by atoms with Gasteiger partial charge in [0, 0.05) is 24.6 Å². The zero-order valence-electron chi connectivity index (χ0n) is 21.6. The van der Waals surface area contributed by atoms with Crippen LogP contribution in [0.3, 0.4) is 0 Å². The van der Waals surface area contributed by atoms with E-state index >= 15 is 0 Å². The fraction of sp³-hybridized carbons (Fsp3) is 0.250. The summed E-state index contributed by atoms with van der Waals surface area (Å²) in [6.45, 7) is 1.39. The van der Waals surface area contributed by atoms with Gasteiger partial charge in [-0.15, -0.1) is 0 Å². The maximum absolute atomic E-state index is 12.6. The van der Waals surface area contributed by atoms with Crippen LogP contribution >= 0.6 is 0 Å².